The van der Waals surface area contributed by atoms with Crippen molar-refractivity contribution in [1.29, 1.82) is 0 Å². The predicted molar refractivity (Wildman–Crippen MR) is 81.7 cm³/mol. The lowest BCUT2D eigenvalue weighted by molar-refractivity contribution is -0.990. The zero-order chi connectivity index (χ0) is 20.8. The number of alkyl halides is 6. The lowest BCUT2D eigenvalue weighted by Crippen LogP contribution is -2.67. The van der Waals surface area contributed by atoms with Gasteiger partial charge in [0, 0.05) is 23.6 Å². The van der Waals surface area contributed by atoms with Crippen molar-refractivity contribution < 1.29 is 40.9 Å². The Balaban J connectivity index is 2.90. The van der Waals surface area contributed by atoms with E-state index in [1.54, 1.807) is 0 Å². The third-order valence-electron chi connectivity index (χ3n) is 4.02. The van der Waals surface area contributed by atoms with E-state index in [1.165, 1.54) is 13.8 Å². The lowest BCUT2D eigenvalue weighted by atomic mass is 10.0. The Morgan fingerprint density at radius 1 is 1.11 bits per heavy atom. The fourth-order valence-electron chi connectivity index (χ4n) is 2.88. The maximum atomic E-state index is 13.8. The molecule has 0 saturated carbocycles. The summed E-state index contributed by atoms with van der Waals surface area (Å²) in [5.41, 5.74) is -2.78. The number of aliphatic hydroxyl groups excluding tert-OH is 1. The van der Waals surface area contributed by atoms with Crippen LogP contribution in [0.1, 0.15) is 19.4 Å². The van der Waals surface area contributed by atoms with Crippen LogP contribution in [0.2, 0.25) is 0 Å². The van der Waals surface area contributed by atoms with Gasteiger partial charge in [-0.15, -0.1) is 26.3 Å². The van der Waals surface area contributed by atoms with Gasteiger partial charge in [-0.3, -0.25) is 10.1 Å². The van der Waals surface area contributed by atoms with Crippen molar-refractivity contribution in [1.82, 2.24) is 0 Å². The van der Waals surface area contributed by atoms with Crippen LogP contribution in [0, 0.1) is 16.0 Å². The van der Waals surface area contributed by atoms with E-state index in [1.807, 2.05) is 0 Å². The fourth-order valence-corrected chi connectivity index (χ4v) is 2.88. The largest absolute Gasteiger partial charge is 0.579 e. The van der Waals surface area contributed by atoms with Gasteiger partial charge < -0.3 is 5.11 Å². The molecule has 0 aromatic heterocycles. The van der Waals surface area contributed by atoms with Crippen molar-refractivity contribution in [2.75, 3.05) is 6.61 Å². The number of aliphatic imine (C=N–C) groups is 1. The summed E-state index contributed by atoms with van der Waals surface area (Å²) in [7, 11) is 0. The second-order valence-corrected chi connectivity index (χ2v) is 5.99. The third-order valence-corrected chi connectivity index (χ3v) is 4.02. The molecule has 0 spiro atoms. The van der Waals surface area contributed by atoms with Crippen LogP contribution in [0.5, 0.6) is 0 Å². The van der Waals surface area contributed by atoms with Gasteiger partial charge in [0.2, 0.25) is 5.84 Å². The lowest BCUT2D eigenvalue weighted by Gasteiger charge is -2.37. The Morgan fingerprint density at radius 2 is 1.59 bits per heavy atom. The van der Waals surface area contributed by atoms with E-state index >= 15 is 0 Å². The minimum absolute atomic E-state index is 0.496. The number of non-ortho nitro benzene ring substituents is 1. The molecule has 2 rings (SSSR count). The molecule has 0 amide bonds. The SMILES string of the molecule is CC(C)C1=C(c2ccc([N+](=O)[O-])cc2)[N+](C(F)(F)F)(C(F)(F)F)C(CO)=N1. The van der Waals surface area contributed by atoms with Gasteiger partial charge in [-0.25, -0.2) is 0 Å². The van der Waals surface area contributed by atoms with Crippen molar-refractivity contribution in [2.45, 2.75) is 26.4 Å². The van der Waals surface area contributed by atoms with Crippen LogP contribution >= 0.6 is 0 Å². The first-order chi connectivity index (χ1) is 12.3. The highest BCUT2D eigenvalue weighted by Crippen LogP contribution is 2.55. The van der Waals surface area contributed by atoms with Gasteiger partial charge in [0.15, 0.2) is 5.70 Å². The van der Waals surface area contributed by atoms with Crippen LogP contribution in [0.15, 0.2) is 35.0 Å². The molecule has 0 unspecified atom stereocenters. The second kappa shape index (κ2) is 6.60. The number of aliphatic hydroxyl groups is 1. The molecule has 0 bridgehead atoms. The molecule has 27 heavy (non-hydrogen) atoms. The van der Waals surface area contributed by atoms with Crippen molar-refractivity contribution in [3.63, 3.8) is 0 Å². The van der Waals surface area contributed by atoms with E-state index in [0.29, 0.717) is 0 Å². The molecule has 1 heterocycles. The Bertz CT molecular complexity index is 796. The number of benzene rings is 1. The van der Waals surface area contributed by atoms with E-state index in [9.17, 15) is 41.6 Å². The van der Waals surface area contributed by atoms with Crippen molar-refractivity contribution in [3.05, 3.63) is 45.6 Å². The van der Waals surface area contributed by atoms with Crippen LogP contribution in [0.25, 0.3) is 5.70 Å². The number of rotatable bonds is 4. The molecule has 6 nitrogen and oxygen atoms in total. The summed E-state index contributed by atoms with van der Waals surface area (Å²) in [6.07, 6.45) is -11.8. The first kappa shape index (κ1) is 20.8. The monoisotopic (exact) mass is 398 g/mol. The number of quaternary nitrogens is 1. The summed E-state index contributed by atoms with van der Waals surface area (Å²) in [5.74, 6) is -2.38. The molecule has 0 fully saturated rings. The maximum Gasteiger partial charge on any atom is 0.579 e. The van der Waals surface area contributed by atoms with E-state index in [2.05, 4.69) is 4.99 Å². The maximum absolute atomic E-state index is 13.8. The summed E-state index contributed by atoms with van der Waals surface area (Å²) in [5, 5.41) is 20.0. The molecule has 0 aliphatic carbocycles. The summed E-state index contributed by atoms with van der Waals surface area (Å²) in [6.45, 7) is 1.13. The van der Waals surface area contributed by atoms with E-state index in [0.717, 1.165) is 24.3 Å². The molecule has 0 saturated heterocycles. The van der Waals surface area contributed by atoms with Gasteiger partial charge in [-0.1, -0.05) is 18.3 Å². The van der Waals surface area contributed by atoms with Gasteiger partial charge in [-0.05, 0) is 12.1 Å². The highest BCUT2D eigenvalue weighted by molar-refractivity contribution is 5.89. The van der Waals surface area contributed by atoms with E-state index in [-0.39, 0.29) is 0 Å². The third kappa shape index (κ3) is 3.08. The van der Waals surface area contributed by atoms with Crippen LogP contribution in [-0.4, -0.2) is 39.6 Å². The number of nitrogens with zero attached hydrogens (tertiary/aromatic N) is 3. The molecule has 1 aliphatic rings. The first-order valence-electron chi connectivity index (χ1n) is 7.50. The van der Waals surface area contributed by atoms with Gasteiger partial charge >= 0.3 is 12.6 Å². The number of nitro benzene ring substituents is 1. The average molecular weight is 398 g/mol. The smallest absolute Gasteiger partial charge is 0.384 e. The molecule has 0 radical (unpaired) electrons. The molecule has 1 aromatic carbocycles. The molecule has 12 heteroatoms. The Hall–Kier alpha value is -2.47. The summed E-state index contributed by atoms with van der Waals surface area (Å²) < 4.78 is 79.5. The molecule has 1 N–H and O–H groups in total. The number of hydrogen-bond donors (Lipinski definition) is 1. The number of allylic oxidation sites excluding steroid dienone is 1. The first-order valence-corrected chi connectivity index (χ1v) is 7.50. The van der Waals surface area contributed by atoms with Crippen LogP contribution in [-0.2, 0) is 0 Å². The van der Waals surface area contributed by atoms with Gasteiger partial charge in [0.25, 0.3) is 5.69 Å². The Morgan fingerprint density at radius 3 is 1.93 bits per heavy atom. The summed E-state index contributed by atoms with van der Waals surface area (Å²) in [6, 6.07) is 3.21. The second-order valence-electron chi connectivity index (χ2n) is 5.99. The highest BCUT2D eigenvalue weighted by atomic mass is 19.4. The van der Waals surface area contributed by atoms with Crippen molar-refractivity contribution in [3.8, 4) is 0 Å². The Kier molecular flexibility index (Phi) is 5.10. The fraction of sp³-hybridized carbons (Fsp3) is 0.400. The molecule has 148 valence electrons. The number of hydrogen-bond acceptors (Lipinski definition) is 4. The van der Waals surface area contributed by atoms with Crippen molar-refractivity contribution >= 4 is 17.2 Å². The van der Waals surface area contributed by atoms with Gasteiger partial charge in [0.05, 0.1) is 4.92 Å². The molecular weight excluding hydrogens is 384 g/mol. The zero-order valence-corrected chi connectivity index (χ0v) is 14.0. The summed E-state index contributed by atoms with van der Waals surface area (Å²) >= 11 is 0. The number of halogens is 6. The minimum atomic E-state index is -5.91. The van der Waals surface area contributed by atoms with E-state index in [4.69, 9.17) is 0 Å². The molecular formula is C15H14F6N3O3+. The zero-order valence-electron chi connectivity index (χ0n) is 14.0. The minimum Gasteiger partial charge on any atom is -0.384 e. The molecule has 1 aliphatic heterocycles. The van der Waals surface area contributed by atoms with Crippen LogP contribution in [0.4, 0.5) is 32.0 Å². The standard InChI is InChI=1S/C15H14F6N3O3/c1-8(2)12-13(9-3-5-10(6-4-9)23(26)27)24(14(16,17)18,15(19,20)21)11(7-25)22-12/h3-6,8,25H,7H2,1-2H3/q+1. The van der Waals surface area contributed by atoms with Crippen LogP contribution < -0.4 is 0 Å². The Labute approximate surface area is 148 Å². The van der Waals surface area contributed by atoms with Crippen molar-refractivity contribution in [2.24, 2.45) is 10.9 Å². The molecule has 1 aromatic rings. The highest BCUT2D eigenvalue weighted by Gasteiger charge is 2.79. The predicted octanol–water partition coefficient (Wildman–Crippen LogP) is 4.18. The quantitative estimate of drug-likeness (QED) is 0.272. The van der Waals surface area contributed by atoms with E-state index < -0.39 is 63.0 Å². The molecule has 0 atom stereocenters. The summed E-state index contributed by atoms with van der Waals surface area (Å²) in [4.78, 5) is 13.3. The normalized spacial score (nSPS) is 17.5. The topological polar surface area (TPSA) is 75.7 Å². The van der Waals surface area contributed by atoms with Crippen LogP contribution in [0.3, 0.4) is 0 Å². The van der Waals surface area contributed by atoms with Gasteiger partial charge in [-0.2, -0.15) is 4.99 Å². The average Bonchev–Trinajstić information content (AvgIpc) is 2.91. The number of nitro groups is 1. The number of amidine groups is 1. The van der Waals surface area contributed by atoms with Gasteiger partial charge in [0.1, 0.15) is 12.3 Å².